The fourth-order valence-electron chi connectivity index (χ4n) is 4.75. The summed E-state index contributed by atoms with van der Waals surface area (Å²) in [5.41, 5.74) is 3.49. The van der Waals surface area contributed by atoms with Crippen LogP contribution >= 0.6 is 0 Å². The molecule has 0 saturated carbocycles. The maximum atomic E-state index is 13.2. The first-order valence-electron chi connectivity index (χ1n) is 12.1. The molecule has 2 aliphatic rings. The number of carbonyl (C=O) groups excluding carboxylic acids is 1. The summed E-state index contributed by atoms with van der Waals surface area (Å²) in [6.07, 6.45) is 6.42. The van der Waals surface area contributed by atoms with Gasteiger partial charge in [0.05, 0.1) is 4.90 Å². The number of likely N-dealkylation sites (tertiary alicyclic amines) is 1. The maximum Gasteiger partial charge on any atom is 0.251 e. The van der Waals surface area contributed by atoms with E-state index in [1.807, 2.05) is 19.1 Å². The molecule has 2 saturated heterocycles. The SMILES string of the molecule is Cc1ccc(S(=O)(=O)N2CCCCCC2)cc1C(=O)NCc1cccc(CN2CCCC2)c1. The third kappa shape index (κ3) is 6.02. The highest BCUT2D eigenvalue weighted by Gasteiger charge is 2.26. The first-order chi connectivity index (χ1) is 15.9. The molecule has 0 aromatic heterocycles. The number of aryl methyl sites for hydroxylation is 1. The second kappa shape index (κ2) is 10.8. The van der Waals surface area contributed by atoms with Crippen LogP contribution in [0.25, 0.3) is 0 Å². The normalized spacial score (nSPS) is 18.2. The number of benzene rings is 2. The van der Waals surface area contributed by atoms with Crippen LogP contribution in [-0.4, -0.2) is 49.7 Å². The van der Waals surface area contributed by atoms with E-state index >= 15 is 0 Å². The molecule has 2 aromatic rings. The summed E-state index contributed by atoms with van der Waals surface area (Å²) in [6.45, 7) is 6.59. The molecule has 1 amide bonds. The second-order valence-electron chi connectivity index (χ2n) is 9.28. The number of sulfonamides is 1. The minimum Gasteiger partial charge on any atom is -0.348 e. The lowest BCUT2D eigenvalue weighted by molar-refractivity contribution is 0.0950. The van der Waals surface area contributed by atoms with E-state index in [1.54, 1.807) is 16.4 Å². The molecular weight excluding hydrogens is 434 g/mol. The molecular formula is C26H35N3O3S. The molecule has 4 rings (SSSR count). The highest BCUT2D eigenvalue weighted by atomic mass is 32.2. The Morgan fingerprint density at radius 3 is 2.27 bits per heavy atom. The van der Waals surface area contributed by atoms with Gasteiger partial charge in [-0.05, 0) is 74.5 Å². The molecule has 0 unspecified atom stereocenters. The van der Waals surface area contributed by atoms with Gasteiger partial charge in [-0.3, -0.25) is 9.69 Å². The van der Waals surface area contributed by atoms with Crippen molar-refractivity contribution in [2.75, 3.05) is 26.2 Å². The number of hydrogen-bond donors (Lipinski definition) is 1. The molecule has 0 radical (unpaired) electrons. The van der Waals surface area contributed by atoms with Gasteiger partial charge in [0.2, 0.25) is 10.0 Å². The van der Waals surface area contributed by atoms with Gasteiger partial charge in [-0.15, -0.1) is 0 Å². The van der Waals surface area contributed by atoms with Gasteiger partial charge in [0.1, 0.15) is 0 Å². The zero-order valence-corrected chi connectivity index (χ0v) is 20.4. The summed E-state index contributed by atoms with van der Waals surface area (Å²) in [7, 11) is -3.59. The minimum absolute atomic E-state index is 0.202. The highest BCUT2D eigenvalue weighted by molar-refractivity contribution is 7.89. The van der Waals surface area contributed by atoms with Crippen LogP contribution in [-0.2, 0) is 23.1 Å². The fraction of sp³-hybridized carbons (Fsp3) is 0.500. The minimum atomic E-state index is -3.59. The number of rotatable bonds is 7. The van der Waals surface area contributed by atoms with Gasteiger partial charge in [0, 0.05) is 31.7 Å². The van der Waals surface area contributed by atoms with E-state index in [9.17, 15) is 13.2 Å². The van der Waals surface area contributed by atoms with Crippen LogP contribution in [0.3, 0.4) is 0 Å². The summed E-state index contributed by atoms with van der Waals surface area (Å²) in [5, 5.41) is 2.98. The number of hydrogen-bond acceptors (Lipinski definition) is 4. The Morgan fingerprint density at radius 1 is 0.879 bits per heavy atom. The van der Waals surface area contributed by atoms with E-state index in [4.69, 9.17) is 0 Å². The molecule has 1 N–H and O–H groups in total. The van der Waals surface area contributed by atoms with E-state index in [1.165, 1.54) is 24.5 Å². The molecule has 33 heavy (non-hydrogen) atoms. The smallest absolute Gasteiger partial charge is 0.251 e. The molecule has 2 heterocycles. The van der Waals surface area contributed by atoms with Crippen LogP contribution in [0.2, 0.25) is 0 Å². The van der Waals surface area contributed by atoms with Crippen LogP contribution in [0.5, 0.6) is 0 Å². The van der Waals surface area contributed by atoms with Gasteiger partial charge in [0.15, 0.2) is 0 Å². The summed E-state index contributed by atoms with van der Waals surface area (Å²) < 4.78 is 27.9. The predicted octanol–water partition coefficient (Wildman–Crippen LogP) is 4.09. The zero-order chi connectivity index (χ0) is 23.3. The Labute approximate surface area is 198 Å². The van der Waals surface area contributed by atoms with Crippen molar-refractivity contribution in [1.82, 2.24) is 14.5 Å². The quantitative estimate of drug-likeness (QED) is 0.663. The second-order valence-corrected chi connectivity index (χ2v) is 11.2. The molecule has 2 fully saturated rings. The molecule has 7 heteroatoms. The summed E-state index contributed by atoms with van der Waals surface area (Å²) in [5.74, 6) is -0.245. The predicted molar refractivity (Wildman–Crippen MR) is 131 cm³/mol. The van der Waals surface area contributed by atoms with Crippen LogP contribution in [0, 0.1) is 6.92 Å². The van der Waals surface area contributed by atoms with Crippen molar-refractivity contribution in [3.05, 3.63) is 64.7 Å². The summed E-state index contributed by atoms with van der Waals surface area (Å²) >= 11 is 0. The molecule has 178 valence electrons. The van der Waals surface area contributed by atoms with Crippen LogP contribution in [0.15, 0.2) is 47.4 Å². The molecule has 0 atom stereocenters. The topological polar surface area (TPSA) is 69.7 Å². The average molecular weight is 470 g/mol. The van der Waals surface area contributed by atoms with E-state index in [2.05, 4.69) is 22.3 Å². The molecule has 0 aliphatic carbocycles. The Balaban J connectivity index is 1.44. The van der Waals surface area contributed by atoms with Gasteiger partial charge in [-0.2, -0.15) is 4.31 Å². The van der Waals surface area contributed by atoms with Gasteiger partial charge < -0.3 is 5.32 Å². The summed E-state index contributed by atoms with van der Waals surface area (Å²) in [4.78, 5) is 15.6. The Bertz CT molecular complexity index is 1070. The Kier molecular flexibility index (Phi) is 7.83. The monoisotopic (exact) mass is 469 g/mol. The standard InChI is InChI=1S/C26H35N3O3S/c1-21-11-12-24(33(31,32)29-15-4-2-3-5-16-29)18-25(21)26(30)27-19-22-9-8-10-23(17-22)20-28-13-6-7-14-28/h8-12,17-18H,2-7,13-16,19-20H2,1H3,(H,27,30). The lowest BCUT2D eigenvalue weighted by atomic mass is 10.1. The zero-order valence-electron chi connectivity index (χ0n) is 19.6. The lowest BCUT2D eigenvalue weighted by Gasteiger charge is -2.20. The highest BCUT2D eigenvalue weighted by Crippen LogP contribution is 2.23. The van der Waals surface area contributed by atoms with Crippen molar-refractivity contribution >= 4 is 15.9 Å². The first-order valence-corrected chi connectivity index (χ1v) is 13.6. The van der Waals surface area contributed by atoms with E-state index in [0.29, 0.717) is 25.2 Å². The Morgan fingerprint density at radius 2 is 1.55 bits per heavy atom. The maximum absolute atomic E-state index is 13.2. The molecule has 2 aliphatic heterocycles. The number of carbonyl (C=O) groups is 1. The van der Waals surface area contributed by atoms with Crippen molar-refractivity contribution in [1.29, 1.82) is 0 Å². The Hall–Kier alpha value is -2.22. The third-order valence-electron chi connectivity index (χ3n) is 6.71. The van der Waals surface area contributed by atoms with Gasteiger partial charge in [-0.25, -0.2) is 8.42 Å². The number of nitrogens with zero attached hydrogens (tertiary/aromatic N) is 2. The van der Waals surface area contributed by atoms with Crippen molar-refractivity contribution in [3.63, 3.8) is 0 Å². The third-order valence-corrected chi connectivity index (χ3v) is 8.60. The van der Waals surface area contributed by atoms with Crippen LogP contribution < -0.4 is 5.32 Å². The van der Waals surface area contributed by atoms with E-state index in [0.717, 1.165) is 56.4 Å². The van der Waals surface area contributed by atoms with Gasteiger partial charge >= 0.3 is 0 Å². The van der Waals surface area contributed by atoms with Gasteiger partial charge in [-0.1, -0.05) is 43.2 Å². The van der Waals surface area contributed by atoms with E-state index < -0.39 is 10.0 Å². The van der Waals surface area contributed by atoms with Crippen LogP contribution in [0.4, 0.5) is 0 Å². The molecule has 0 spiro atoms. The first kappa shape index (κ1) is 23.9. The van der Waals surface area contributed by atoms with Crippen molar-refractivity contribution in [2.24, 2.45) is 0 Å². The number of nitrogens with one attached hydrogen (secondary N) is 1. The van der Waals surface area contributed by atoms with Crippen LogP contribution in [0.1, 0.15) is 65.6 Å². The average Bonchev–Trinajstić information content (AvgIpc) is 3.15. The summed E-state index contributed by atoms with van der Waals surface area (Å²) in [6, 6.07) is 13.2. The van der Waals surface area contributed by atoms with E-state index in [-0.39, 0.29) is 10.8 Å². The molecule has 2 aromatic carbocycles. The fourth-order valence-corrected chi connectivity index (χ4v) is 6.30. The largest absolute Gasteiger partial charge is 0.348 e. The molecule has 0 bridgehead atoms. The van der Waals surface area contributed by atoms with Gasteiger partial charge in [0.25, 0.3) is 5.91 Å². The molecule has 6 nitrogen and oxygen atoms in total. The van der Waals surface area contributed by atoms with Crippen molar-refractivity contribution < 1.29 is 13.2 Å². The van der Waals surface area contributed by atoms with Crippen molar-refractivity contribution in [3.8, 4) is 0 Å². The number of amides is 1. The van der Waals surface area contributed by atoms with Crippen molar-refractivity contribution in [2.45, 2.75) is 63.4 Å². The lowest BCUT2D eigenvalue weighted by Crippen LogP contribution is -2.32.